The molecule has 2 nitrogen and oxygen atoms in total. The van der Waals surface area contributed by atoms with Gasteiger partial charge in [0.25, 0.3) is 0 Å². The lowest BCUT2D eigenvalue weighted by Crippen LogP contribution is -2.43. The van der Waals surface area contributed by atoms with Gasteiger partial charge in [0.15, 0.2) is 5.78 Å². The molecule has 1 atom stereocenters. The number of piperidine rings is 1. The van der Waals surface area contributed by atoms with E-state index >= 15 is 0 Å². The number of Topliss-reactive ketones (excluding diaryl/α,β-unsaturated/α-hetero) is 1. The predicted octanol–water partition coefficient (Wildman–Crippen LogP) is 3.28. The van der Waals surface area contributed by atoms with Crippen molar-refractivity contribution in [3.63, 3.8) is 0 Å². The summed E-state index contributed by atoms with van der Waals surface area (Å²) in [5.74, 6) is -2.26. The maximum absolute atomic E-state index is 13.0. The quantitative estimate of drug-likeness (QED) is 0.628. The number of ketones is 1. The zero-order chi connectivity index (χ0) is 14.8. The van der Waals surface area contributed by atoms with Crippen LogP contribution in [0.15, 0.2) is 24.3 Å². The van der Waals surface area contributed by atoms with E-state index in [0.29, 0.717) is 13.0 Å². The Morgan fingerprint density at radius 2 is 2.10 bits per heavy atom. The first-order valence-corrected chi connectivity index (χ1v) is 6.44. The summed E-state index contributed by atoms with van der Waals surface area (Å²) in [5.41, 5.74) is 0.194. The third-order valence-electron chi connectivity index (χ3n) is 3.48. The van der Waals surface area contributed by atoms with Crippen molar-refractivity contribution in [1.29, 1.82) is 0 Å². The van der Waals surface area contributed by atoms with Crippen LogP contribution >= 0.6 is 0 Å². The largest absolute Gasteiger partial charge is 0.393 e. The van der Waals surface area contributed by atoms with Gasteiger partial charge in [-0.05, 0) is 31.5 Å². The fraction of sp³-hybridized carbons (Fsp3) is 0.500. The average Bonchev–Trinajstić information content (AvgIpc) is 2.38. The molecule has 0 aromatic heterocycles. The van der Waals surface area contributed by atoms with Gasteiger partial charge in [0, 0.05) is 12.1 Å². The summed E-state index contributed by atoms with van der Waals surface area (Å²) in [4.78, 5) is 13.4. The molecule has 6 heteroatoms. The van der Waals surface area contributed by atoms with E-state index in [-0.39, 0.29) is 30.9 Å². The van der Waals surface area contributed by atoms with Gasteiger partial charge in [-0.1, -0.05) is 12.1 Å². The van der Waals surface area contributed by atoms with Crippen LogP contribution in [0.2, 0.25) is 0 Å². The van der Waals surface area contributed by atoms with Crippen molar-refractivity contribution in [3.8, 4) is 0 Å². The van der Waals surface area contributed by atoms with Gasteiger partial charge in [-0.3, -0.25) is 9.69 Å². The summed E-state index contributed by atoms with van der Waals surface area (Å²) in [5, 5.41) is 0. The van der Waals surface area contributed by atoms with E-state index in [0.717, 1.165) is 6.07 Å². The van der Waals surface area contributed by atoms with Gasteiger partial charge < -0.3 is 0 Å². The summed E-state index contributed by atoms with van der Waals surface area (Å²) in [7, 11) is 0. The number of benzene rings is 1. The molecule has 0 radical (unpaired) electrons. The monoisotopic (exact) mass is 289 g/mol. The molecule has 0 saturated carbocycles. The highest BCUT2D eigenvalue weighted by Gasteiger charge is 2.41. The molecule has 0 aliphatic carbocycles. The highest BCUT2D eigenvalue weighted by molar-refractivity contribution is 5.97. The number of nitrogens with zero attached hydrogens (tertiary/aromatic N) is 1. The Labute approximate surface area is 114 Å². The molecule has 1 unspecified atom stereocenters. The smallest absolute Gasteiger partial charge is 0.295 e. The minimum absolute atomic E-state index is 0.101. The molecule has 0 amide bonds. The van der Waals surface area contributed by atoms with Crippen LogP contribution in [-0.4, -0.2) is 36.5 Å². The molecule has 1 aromatic rings. The highest BCUT2D eigenvalue weighted by Crippen LogP contribution is 2.33. The van der Waals surface area contributed by atoms with E-state index in [2.05, 4.69) is 0 Å². The fourth-order valence-electron chi connectivity index (χ4n) is 2.42. The average molecular weight is 289 g/mol. The molecule has 1 fully saturated rings. The highest BCUT2D eigenvalue weighted by atomic mass is 19.4. The van der Waals surface area contributed by atoms with Crippen molar-refractivity contribution in [2.75, 3.05) is 19.6 Å². The summed E-state index contributed by atoms with van der Waals surface area (Å²) in [6.45, 7) is 0.203. The van der Waals surface area contributed by atoms with Crippen LogP contribution in [0.1, 0.15) is 23.2 Å². The molecule has 1 aromatic carbocycles. The van der Waals surface area contributed by atoms with E-state index in [1.807, 2.05) is 0 Å². The van der Waals surface area contributed by atoms with Gasteiger partial charge in [-0.25, -0.2) is 4.39 Å². The van der Waals surface area contributed by atoms with Crippen molar-refractivity contribution >= 4 is 5.78 Å². The summed E-state index contributed by atoms with van der Waals surface area (Å²) < 4.78 is 51.0. The summed E-state index contributed by atoms with van der Waals surface area (Å²) in [6.07, 6.45) is -3.70. The third kappa shape index (κ3) is 3.79. The maximum Gasteiger partial charge on any atom is 0.393 e. The van der Waals surface area contributed by atoms with E-state index < -0.39 is 17.9 Å². The molecule has 20 heavy (non-hydrogen) atoms. The molecule has 1 aliphatic heterocycles. The van der Waals surface area contributed by atoms with Gasteiger partial charge in [-0.2, -0.15) is 13.2 Å². The van der Waals surface area contributed by atoms with Crippen molar-refractivity contribution in [2.45, 2.75) is 19.0 Å². The fourth-order valence-corrected chi connectivity index (χ4v) is 2.42. The number of hydrogen-bond acceptors (Lipinski definition) is 2. The molecule has 0 bridgehead atoms. The predicted molar refractivity (Wildman–Crippen MR) is 65.9 cm³/mol. The second-order valence-corrected chi connectivity index (χ2v) is 5.05. The standard InChI is InChI=1S/C14H15F4NO/c15-12-5-1-3-10(7-12)13(20)9-19-6-2-4-11(8-19)14(16,17)18/h1,3,5,7,11H,2,4,6,8-9H2. The molecular formula is C14H15F4NO. The maximum atomic E-state index is 13.0. The van der Waals surface area contributed by atoms with Crippen molar-refractivity contribution in [3.05, 3.63) is 35.6 Å². The van der Waals surface area contributed by atoms with E-state index in [4.69, 9.17) is 0 Å². The molecule has 2 rings (SSSR count). The SMILES string of the molecule is O=C(CN1CCCC(C(F)(F)F)C1)c1cccc(F)c1. The van der Waals surface area contributed by atoms with Crippen LogP contribution in [0.5, 0.6) is 0 Å². The Morgan fingerprint density at radius 3 is 2.75 bits per heavy atom. The van der Waals surface area contributed by atoms with Gasteiger partial charge in [-0.15, -0.1) is 0 Å². The lowest BCUT2D eigenvalue weighted by atomic mass is 9.97. The zero-order valence-corrected chi connectivity index (χ0v) is 10.8. The second-order valence-electron chi connectivity index (χ2n) is 5.05. The van der Waals surface area contributed by atoms with E-state index in [1.54, 1.807) is 0 Å². The molecule has 110 valence electrons. The first-order valence-electron chi connectivity index (χ1n) is 6.44. The van der Waals surface area contributed by atoms with Crippen LogP contribution in [-0.2, 0) is 0 Å². The minimum Gasteiger partial charge on any atom is -0.295 e. The number of likely N-dealkylation sites (tertiary alicyclic amines) is 1. The number of carbonyl (C=O) groups excluding carboxylic acids is 1. The molecule has 1 aliphatic rings. The normalized spacial score (nSPS) is 20.9. The lowest BCUT2D eigenvalue weighted by Gasteiger charge is -2.33. The number of halogens is 4. The molecule has 1 saturated heterocycles. The summed E-state index contributed by atoms with van der Waals surface area (Å²) >= 11 is 0. The second kappa shape index (κ2) is 5.91. The van der Waals surface area contributed by atoms with E-state index in [1.165, 1.54) is 23.1 Å². The van der Waals surface area contributed by atoms with Crippen LogP contribution in [0.25, 0.3) is 0 Å². The third-order valence-corrected chi connectivity index (χ3v) is 3.48. The Morgan fingerprint density at radius 1 is 1.35 bits per heavy atom. The van der Waals surface area contributed by atoms with Crippen LogP contribution in [0.4, 0.5) is 17.6 Å². The van der Waals surface area contributed by atoms with Crippen LogP contribution < -0.4 is 0 Å². The Balaban J connectivity index is 1.98. The summed E-state index contributed by atoms with van der Waals surface area (Å²) in [6, 6.07) is 5.21. The van der Waals surface area contributed by atoms with Crippen LogP contribution in [0, 0.1) is 11.7 Å². The van der Waals surface area contributed by atoms with Gasteiger partial charge in [0.05, 0.1) is 12.5 Å². The first kappa shape index (κ1) is 15.0. The minimum atomic E-state index is -4.22. The van der Waals surface area contributed by atoms with E-state index in [9.17, 15) is 22.4 Å². The number of rotatable bonds is 3. The first-order chi connectivity index (χ1) is 9.36. The topological polar surface area (TPSA) is 20.3 Å². The zero-order valence-electron chi connectivity index (χ0n) is 10.8. The van der Waals surface area contributed by atoms with Crippen LogP contribution in [0.3, 0.4) is 0 Å². The van der Waals surface area contributed by atoms with Gasteiger partial charge >= 0.3 is 6.18 Å². The number of carbonyl (C=O) groups is 1. The van der Waals surface area contributed by atoms with Gasteiger partial charge in [0.2, 0.25) is 0 Å². The van der Waals surface area contributed by atoms with Crippen molar-refractivity contribution < 1.29 is 22.4 Å². The Bertz CT molecular complexity index is 486. The number of hydrogen-bond donors (Lipinski definition) is 0. The Hall–Kier alpha value is -1.43. The molecule has 0 spiro atoms. The molecular weight excluding hydrogens is 274 g/mol. The molecule has 1 heterocycles. The number of alkyl halides is 3. The van der Waals surface area contributed by atoms with Crippen molar-refractivity contribution in [2.24, 2.45) is 5.92 Å². The molecule has 0 N–H and O–H groups in total. The lowest BCUT2D eigenvalue weighted by molar-refractivity contribution is -0.186. The van der Waals surface area contributed by atoms with Crippen molar-refractivity contribution in [1.82, 2.24) is 4.90 Å². The van der Waals surface area contributed by atoms with Gasteiger partial charge in [0.1, 0.15) is 5.82 Å². The Kier molecular flexibility index (Phi) is 4.42.